The standard InChI is InChI=1S/4C8H9.Ti/c4*1-7-4-3-5-8(2)6-7;/h4*3-4,6H,1-2H3;. The average molecular weight is 469 g/mol. The van der Waals surface area contributed by atoms with Gasteiger partial charge in [0, 0.05) is 0 Å². The molecule has 0 aliphatic rings. The Balaban J connectivity index is 2.28. The van der Waals surface area contributed by atoms with E-state index in [1.54, 1.807) is 15.5 Å². The van der Waals surface area contributed by atoms with Gasteiger partial charge in [-0.15, -0.1) is 0 Å². The van der Waals surface area contributed by atoms with Crippen LogP contribution >= 0.6 is 0 Å². The second-order valence-corrected chi connectivity index (χ2v) is 15.7. The van der Waals surface area contributed by atoms with Crippen LogP contribution in [0.5, 0.6) is 0 Å². The predicted molar refractivity (Wildman–Crippen MR) is 142 cm³/mol. The van der Waals surface area contributed by atoms with Gasteiger partial charge in [-0.3, -0.25) is 0 Å². The summed E-state index contributed by atoms with van der Waals surface area (Å²) in [5.41, 5.74) is 11.0. The van der Waals surface area contributed by atoms with Crippen molar-refractivity contribution in [3.05, 3.63) is 117 Å². The van der Waals surface area contributed by atoms with Gasteiger partial charge in [0.05, 0.1) is 0 Å². The molecule has 0 bridgehead atoms. The monoisotopic (exact) mass is 468 g/mol. The average Bonchev–Trinajstić information content (AvgIpc) is 2.72. The van der Waals surface area contributed by atoms with Gasteiger partial charge in [-0.1, -0.05) is 0 Å². The Bertz CT molecular complexity index is 1130. The van der Waals surface area contributed by atoms with Crippen LogP contribution in [0.3, 0.4) is 0 Å². The first-order chi connectivity index (χ1) is 15.6. The fraction of sp³-hybridized carbons (Fsp3) is 0.250. The topological polar surface area (TPSA) is 0 Å². The van der Waals surface area contributed by atoms with E-state index in [-0.39, 0.29) is 0 Å². The number of hydrogen-bond donors (Lipinski definition) is 0. The Labute approximate surface area is 204 Å². The molecule has 0 spiro atoms. The van der Waals surface area contributed by atoms with E-state index in [4.69, 9.17) is 0 Å². The van der Waals surface area contributed by atoms with Crippen molar-refractivity contribution in [3.63, 3.8) is 0 Å². The van der Waals surface area contributed by atoms with E-state index in [1.165, 1.54) is 44.5 Å². The molecule has 4 rings (SSSR count). The SMILES string of the molecule is Cc1cc[c]([Ti]([c]2ccc(C)cc2C)([c]2ccc(C)cc2C)[c]2ccc(C)cc2C)c(C)c1. The van der Waals surface area contributed by atoms with Gasteiger partial charge in [0.1, 0.15) is 0 Å². The van der Waals surface area contributed by atoms with Crippen LogP contribution in [-0.2, 0) is 16.6 Å². The number of hydrogen-bond acceptors (Lipinski definition) is 0. The third-order valence-corrected chi connectivity index (χ3v) is 15.7. The Hall–Kier alpha value is -2.41. The molecule has 33 heavy (non-hydrogen) atoms. The molecule has 0 fully saturated rings. The normalized spacial score (nSPS) is 11.6. The van der Waals surface area contributed by atoms with Crippen molar-refractivity contribution in [1.82, 2.24) is 0 Å². The molecule has 0 unspecified atom stereocenters. The zero-order chi connectivity index (χ0) is 23.9. The maximum absolute atomic E-state index is 3.33. The summed E-state index contributed by atoms with van der Waals surface area (Å²) in [7, 11) is 0. The number of rotatable bonds is 4. The minimum atomic E-state index is -3.33. The van der Waals surface area contributed by atoms with Crippen LogP contribution in [0.25, 0.3) is 0 Å². The van der Waals surface area contributed by atoms with Crippen LogP contribution in [0.4, 0.5) is 0 Å². The first-order valence-corrected chi connectivity index (χ1v) is 15.1. The maximum atomic E-state index is 2.45. The van der Waals surface area contributed by atoms with Crippen molar-refractivity contribution in [2.75, 3.05) is 0 Å². The summed E-state index contributed by atoms with van der Waals surface area (Å²) in [5, 5.41) is 0. The Morgan fingerprint density at radius 1 is 0.333 bits per heavy atom. The van der Waals surface area contributed by atoms with Gasteiger partial charge < -0.3 is 0 Å². The van der Waals surface area contributed by atoms with E-state index in [2.05, 4.69) is 128 Å². The first-order valence-electron chi connectivity index (χ1n) is 12.0. The van der Waals surface area contributed by atoms with Crippen molar-refractivity contribution in [2.45, 2.75) is 55.4 Å². The summed E-state index contributed by atoms with van der Waals surface area (Å²) in [6, 6.07) is 28.6. The minimum absolute atomic E-state index is 1.33. The van der Waals surface area contributed by atoms with Gasteiger partial charge in [-0.05, 0) is 0 Å². The van der Waals surface area contributed by atoms with Gasteiger partial charge >= 0.3 is 205 Å². The van der Waals surface area contributed by atoms with Crippen LogP contribution < -0.4 is 15.5 Å². The third-order valence-electron chi connectivity index (χ3n) is 7.14. The van der Waals surface area contributed by atoms with E-state index < -0.39 is 16.6 Å². The zero-order valence-corrected chi connectivity index (χ0v) is 23.0. The summed E-state index contributed by atoms with van der Waals surface area (Å²) in [6.45, 7) is 18.1. The van der Waals surface area contributed by atoms with E-state index in [1.807, 2.05) is 0 Å². The molecular weight excluding hydrogens is 432 g/mol. The van der Waals surface area contributed by atoms with Crippen molar-refractivity contribution in [3.8, 4) is 0 Å². The van der Waals surface area contributed by atoms with E-state index in [9.17, 15) is 0 Å². The van der Waals surface area contributed by atoms with Crippen molar-refractivity contribution >= 4 is 15.5 Å². The predicted octanol–water partition coefficient (Wildman–Crippen LogP) is 5.91. The van der Waals surface area contributed by atoms with Crippen molar-refractivity contribution < 1.29 is 16.6 Å². The Morgan fingerprint density at radius 3 is 0.727 bits per heavy atom. The molecule has 0 aromatic heterocycles. The number of benzene rings is 4. The van der Waals surface area contributed by atoms with Crippen molar-refractivity contribution in [2.24, 2.45) is 0 Å². The van der Waals surface area contributed by atoms with Gasteiger partial charge in [-0.2, -0.15) is 0 Å². The molecule has 0 saturated heterocycles. The van der Waals surface area contributed by atoms with Gasteiger partial charge in [0.25, 0.3) is 0 Å². The molecule has 0 saturated carbocycles. The Kier molecular flexibility index (Phi) is 6.54. The van der Waals surface area contributed by atoms with Crippen LogP contribution in [0.1, 0.15) is 44.5 Å². The summed E-state index contributed by atoms with van der Waals surface area (Å²) in [4.78, 5) is 0. The molecular formula is C32H36Ti. The second kappa shape index (κ2) is 9.09. The van der Waals surface area contributed by atoms with Crippen LogP contribution in [-0.4, -0.2) is 0 Å². The van der Waals surface area contributed by atoms with Crippen LogP contribution in [0.2, 0.25) is 0 Å². The molecule has 0 heterocycles. The fourth-order valence-electron chi connectivity index (χ4n) is 5.81. The summed E-state index contributed by atoms with van der Waals surface area (Å²) in [6.07, 6.45) is 0. The molecule has 0 aliphatic heterocycles. The van der Waals surface area contributed by atoms with Gasteiger partial charge in [0.15, 0.2) is 0 Å². The van der Waals surface area contributed by atoms with E-state index in [0.717, 1.165) is 0 Å². The Morgan fingerprint density at radius 2 is 0.545 bits per heavy atom. The zero-order valence-electron chi connectivity index (χ0n) is 21.4. The number of aryl methyl sites for hydroxylation is 8. The molecule has 1 heteroatoms. The molecule has 0 nitrogen and oxygen atoms in total. The van der Waals surface area contributed by atoms with Crippen LogP contribution in [0.15, 0.2) is 72.8 Å². The van der Waals surface area contributed by atoms with Gasteiger partial charge in [-0.25, -0.2) is 0 Å². The molecule has 0 radical (unpaired) electrons. The molecule has 0 atom stereocenters. The molecule has 0 aliphatic carbocycles. The quantitative estimate of drug-likeness (QED) is 0.327. The summed E-state index contributed by atoms with van der Waals surface area (Å²) in [5.74, 6) is 0. The molecule has 4 aromatic rings. The first kappa shape index (κ1) is 23.7. The molecule has 0 amide bonds. The van der Waals surface area contributed by atoms with E-state index >= 15 is 0 Å². The van der Waals surface area contributed by atoms with Crippen molar-refractivity contribution in [1.29, 1.82) is 0 Å². The second-order valence-electron chi connectivity index (χ2n) is 10.0. The summed E-state index contributed by atoms with van der Waals surface area (Å²) >= 11 is -3.33. The van der Waals surface area contributed by atoms with Gasteiger partial charge in [0.2, 0.25) is 0 Å². The molecule has 4 aromatic carbocycles. The third kappa shape index (κ3) is 4.16. The molecule has 0 N–H and O–H groups in total. The fourth-order valence-corrected chi connectivity index (χ4v) is 14.8. The summed E-state index contributed by atoms with van der Waals surface area (Å²) < 4.78 is 6.19. The van der Waals surface area contributed by atoms with E-state index in [0.29, 0.717) is 0 Å². The van der Waals surface area contributed by atoms with Crippen LogP contribution in [0, 0.1) is 55.4 Å². The molecule has 168 valence electrons.